The standard InChI is InChI=1S/C38H63NO4/c1-3-5-7-9-11-13-15-17-19-21-23-25-27-30-35(41)31-29-33-38(43)39-36(34-40)37(42)32-28-26-24-22-20-18-16-14-12-10-8-6-4-2/h8,10-11,13,17,19,23,25,27-28,30,32,36-37,40,42H,3-7,9,12,14-16,18,20-22,24,26,29,31,33-34H2,1-2H3,(H,39,43)/b10-8-,13-11-,19-17-,25-23-,30-27+,32-28+/t36-,37+/m0/s1. The molecule has 244 valence electrons. The normalized spacial score (nSPS) is 14.0. The van der Waals surface area contributed by atoms with Crippen molar-refractivity contribution in [2.24, 2.45) is 0 Å². The summed E-state index contributed by atoms with van der Waals surface area (Å²) in [6.07, 6.45) is 42.5. The minimum absolute atomic E-state index is 0.0255. The number of carbonyl (C=O) groups is 2. The molecule has 0 aromatic carbocycles. The second kappa shape index (κ2) is 32.4. The minimum atomic E-state index is -0.937. The summed E-state index contributed by atoms with van der Waals surface area (Å²) in [4.78, 5) is 24.3. The van der Waals surface area contributed by atoms with Crippen LogP contribution in [-0.4, -0.2) is 40.7 Å². The molecule has 0 rings (SSSR count). The van der Waals surface area contributed by atoms with Crippen LogP contribution in [0.15, 0.2) is 72.9 Å². The average Bonchev–Trinajstić information content (AvgIpc) is 3.00. The maximum absolute atomic E-state index is 12.3. The van der Waals surface area contributed by atoms with E-state index < -0.39 is 12.1 Å². The Bertz CT molecular complexity index is 837. The molecule has 0 fully saturated rings. The number of rotatable bonds is 29. The van der Waals surface area contributed by atoms with Gasteiger partial charge in [0, 0.05) is 12.8 Å². The Labute approximate surface area is 264 Å². The van der Waals surface area contributed by atoms with Gasteiger partial charge in [-0.1, -0.05) is 126 Å². The molecule has 0 unspecified atom stereocenters. The highest BCUT2D eigenvalue weighted by Gasteiger charge is 2.18. The van der Waals surface area contributed by atoms with Crippen molar-refractivity contribution in [1.29, 1.82) is 0 Å². The van der Waals surface area contributed by atoms with Crippen molar-refractivity contribution in [1.82, 2.24) is 5.32 Å². The lowest BCUT2D eigenvalue weighted by molar-refractivity contribution is -0.123. The van der Waals surface area contributed by atoms with Crippen LogP contribution in [0.4, 0.5) is 0 Å². The molecule has 0 saturated carbocycles. The lowest BCUT2D eigenvalue weighted by Crippen LogP contribution is -2.45. The Hall–Kier alpha value is -2.50. The van der Waals surface area contributed by atoms with Gasteiger partial charge in [0.1, 0.15) is 0 Å². The quantitative estimate of drug-likeness (QED) is 0.0347. The van der Waals surface area contributed by atoms with E-state index in [-0.39, 0.29) is 31.1 Å². The summed E-state index contributed by atoms with van der Waals surface area (Å²) in [5, 5.41) is 22.7. The number of aliphatic hydroxyl groups is 2. The maximum Gasteiger partial charge on any atom is 0.220 e. The molecule has 0 aliphatic heterocycles. The van der Waals surface area contributed by atoms with Crippen molar-refractivity contribution in [3.63, 3.8) is 0 Å². The van der Waals surface area contributed by atoms with Gasteiger partial charge in [-0.05, 0) is 70.3 Å². The fraction of sp³-hybridized carbons (Fsp3) is 0.632. The Morgan fingerprint density at radius 2 is 1.21 bits per heavy atom. The van der Waals surface area contributed by atoms with E-state index in [0.717, 1.165) is 32.1 Å². The number of amides is 1. The molecule has 0 heterocycles. The molecular weight excluding hydrogens is 534 g/mol. The van der Waals surface area contributed by atoms with Crippen LogP contribution in [0.2, 0.25) is 0 Å². The lowest BCUT2D eigenvalue weighted by atomic mass is 10.1. The van der Waals surface area contributed by atoms with Crippen molar-refractivity contribution in [2.75, 3.05) is 6.61 Å². The van der Waals surface area contributed by atoms with Crippen LogP contribution in [0.1, 0.15) is 136 Å². The molecule has 0 aromatic heterocycles. The number of carbonyl (C=O) groups excluding carboxylic acids is 2. The Kier molecular flexibility index (Phi) is 30.5. The fourth-order valence-electron chi connectivity index (χ4n) is 4.42. The van der Waals surface area contributed by atoms with E-state index >= 15 is 0 Å². The summed E-state index contributed by atoms with van der Waals surface area (Å²) in [5.41, 5.74) is 0. The van der Waals surface area contributed by atoms with Gasteiger partial charge in [-0.3, -0.25) is 9.59 Å². The molecule has 0 saturated heterocycles. The summed E-state index contributed by atoms with van der Waals surface area (Å²) in [6.45, 7) is 4.07. The van der Waals surface area contributed by atoms with Crippen molar-refractivity contribution < 1.29 is 19.8 Å². The van der Waals surface area contributed by atoms with Gasteiger partial charge < -0.3 is 15.5 Å². The van der Waals surface area contributed by atoms with Crippen LogP contribution >= 0.6 is 0 Å². The van der Waals surface area contributed by atoms with Crippen LogP contribution in [0.3, 0.4) is 0 Å². The van der Waals surface area contributed by atoms with Gasteiger partial charge in [0.25, 0.3) is 0 Å². The van der Waals surface area contributed by atoms with E-state index in [1.54, 1.807) is 12.2 Å². The van der Waals surface area contributed by atoms with Crippen LogP contribution in [0, 0.1) is 0 Å². The highest BCUT2D eigenvalue weighted by Crippen LogP contribution is 2.10. The van der Waals surface area contributed by atoms with E-state index in [1.165, 1.54) is 76.7 Å². The summed E-state index contributed by atoms with van der Waals surface area (Å²) >= 11 is 0. The number of aliphatic hydroxyl groups excluding tert-OH is 2. The van der Waals surface area contributed by atoms with Crippen molar-refractivity contribution in [3.8, 4) is 0 Å². The minimum Gasteiger partial charge on any atom is -0.394 e. The largest absolute Gasteiger partial charge is 0.394 e. The zero-order valence-corrected chi connectivity index (χ0v) is 27.4. The molecule has 0 aromatic rings. The molecule has 0 bridgehead atoms. The second-order valence-electron chi connectivity index (χ2n) is 11.3. The first-order chi connectivity index (χ1) is 21.0. The third kappa shape index (κ3) is 29.4. The van der Waals surface area contributed by atoms with Gasteiger partial charge in [0.05, 0.1) is 18.8 Å². The van der Waals surface area contributed by atoms with Crippen molar-refractivity contribution in [3.05, 3.63) is 72.9 Å². The predicted octanol–water partition coefficient (Wildman–Crippen LogP) is 9.18. The Morgan fingerprint density at radius 1 is 0.628 bits per heavy atom. The molecule has 3 N–H and O–H groups in total. The maximum atomic E-state index is 12.3. The number of unbranched alkanes of at least 4 members (excludes halogenated alkanes) is 11. The Balaban J connectivity index is 3.95. The van der Waals surface area contributed by atoms with Crippen molar-refractivity contribution >= 4 is 11.7 Å². The molecule has 0 spiro atoms. The molecule has 43 heavy (non-hydrogen) atoms. The van der Waals surface area contributed by atoms with Gasteiger partial charge in [0.15, 0.2) is 5.78 Å². The third-order valence-electron chi connectivity index (χ3n) is 7.11. The van der Waals surface area contributed by atoms with Crippen LogP contribution < -0.4 is 5.32 Å². The zero-order valence-electron chi connectivity index (χ0n) is 27.4. The molecule has 0 aliphatic rings. The monoisotopic (exact) mass is 597 g/mol. The molecule has 0 aliphatic carbocycles. The van der Waals surface area contributed by atoms with Crippen LogP contribution in [-0.2, 0) is 9.59 Å². The lowest BCUT2D eigenvalue weighted by Gasteiger charge is -2.19. The Morgan fingerprint density at radius 3 is 1.88 bits per heavy atom. The van der Waals surface area contributed by atoms with E-state index in [0.29, 0.717) is 6.42 Å². The molecule has 1 amide bonds. The second-order valence-corrected chi connectivity index (χ2v) is 11.3. The van der Waals surface area contributed by atoms with Gasteiger partial charge in [-0.15, -0.1) is 0 Å². The first-order valence-corrected chi connectivity index (χ1v) is 17.1. The topological polar surface area (TPSA) is 86.6 Å². The zero-order chi connectivity index (χ0) is 31.6. The predicted molar refractivity (Wildman–Crippen MR) is 184 cm³/mol. The van der Waals surface area contributed by atoms with Gasteiger partial charge in [-0.25, -0.2) is 0 Å². The SMILES string of the molecule is CCC/C=C\CCCCCCCC/C=C/[C@@H](O)[C@H](CO)NC(=O)CCCC(=O)/C=C/C=C\C/C=C\C/C=C\CCCCC. The summed E-state index contributed by atoms with van der Waals surface area (Å²) in [7, 11) is 0. The number of nitrogens with one attached hydrogen (secondary N) is 1. The molecular formula is C38H63NO4. The molecule has 5 heteroatoms. The van der Waals surface area contributed by atoms with E-state index in [2.05, 4.69) is 55.6 Å². The molecule has 0 radical (unpaired) electrons. The number of hydrogen-bond acceptors (Lipinski definition) is 4. The van der Waals surface area contributed by atoms with Crippen LogP contribution in [0.25, 0.3) is 0 Å². The molecule has 2 atom stereocenters. The summed E-state index contributed by atoms with van der Waals surface area (Å²) in [5.74, 6) is -0.297. The highest BCUT2D eigenvalue weighted by molar-refractivity contribution is 5.90. The highest BCUT2D eigenvalue weighted by atomic mass is 16.3. The fourth-order valence-corrected chi connectivity index (χ4v) is 4.42. The first kappa shape index (κ1) is 40.5. The van der Waals surface area contributed by atoms with Gasteiger partial charge in [0.2, 0.25) is 5.91 Å². The molecule has 5 nitrogen and oxygen atoms in total. The summed E-state index contributed by atoms with van der Waals surface area (Å²) in [6, 6.07) is -0.744. The van der Waals surface area contributed by atoms with E-state index in [9.17, 15) is 19.8 Å². The third-order valence-corrected chi connectivity index (χ3v) is 7.11. The smallest absolute Gasteiger partial charge is 0.220 e. The number of allylic oxidation sites excluding steroid dienone is 11. The van der Waals surface area contributed by atoms with Crippen molar-refractivity contribution in [2.45, 2.75) is 148 Å². The summed E-state index contributed by atoms with van der Waals surface area (Å²) < 4.78 is 0. The van der Waals surface area contributed by atoms with E-state index in [1.807, 2.05) is 18.2 Å². The van der Waals surface area contributed by atoms with Gasteiger partial charge in [-0.2, -0.15) is 0 Å². The van der Waals surface area contributed by atoms with E-state index in [4.69, 9.17) is 0 Å². The van der Waals surface area contributed by atoms with Gasteiger partial charge >= 0.3 is 0 Å². The first-order valence-electron chi connectivity index (χ1n) is 17.1. The number of hydrogen-bond donors (Lipinski definition) is 3. The number of ketones is 1. The average molecular weight is 598 g/mol. The van der Waals surface area contributed by atoms with Crippen LogP contribution in [0.5, 0.6) is 0 Å².